The molecule has 5 rings (SSSR count). The number of nitrogens with zero attached hydrogens (tertiary/aromatic N) is 3. The van der Waals surface area contributed by atoms with E-state index in [0.29, 0.717) is 37.6 Å². The molecule has 7 nitrogen and oxygen atoms in total. The Bertz CT molecular complexity index is 1140. The molecule has 3 aliphatic heterocycles. The fourth-order valence-corrected chi connectivity index (χ4v) is 5.27. The maximum atomic E-state index is 13.7. The van der Waals surface area contributed by atoms with E-state index in [1.165, 1.54) is 19.3 Å². The van der Waals surface area contributed by atoms with Gasteiger partial charge in [0.15, 0.2) is 0 Å². The lowest BCUT2D eigenvalue weighted by Gasteiger charge is -2.33. The van der Waals surface area contributed by atoms with Crippen molar-refractivity contribution in [1.29, 1.82) is 0 Å². The van der Waals surface area contributed by atoms with Crippen LogP contribution in [0.1, 0.15) is 36.4 Å². The zero-order valence-corrected chi connectivity index (χ0v) is 20.7. The zero-order valence-electron chi connectivity index (χ0n) is 20.7. The highest BCUT2D eigenvalue weighted by molar-refractivity contribution is 6.01. The van der Waals surface area contributed by atoms with Gasteiger partial charge in [-0.3, -0.25) is 9.69 Å². The molecule has 2 aromatic rings. The van der Waals surface area contributed by atoms with E-state index in [1.807, 2.05) is 59.5 Å². The minimum Gasteiger partial charge on any atom is -0.489 e. The Kier molecular flexibility index (Phi) is 7.37. The number of nitrogens with one attached hydrogen (secondary N) is 1. The third-order valence-electron chi connectivity index (χ3n) is 7.18. The summed E-state index contributed by atoms with van der Waals surface area (Å²) in [5.74, 6) is 0.699. The van der Waals surface area contributed by atoms with E-state index in [-0.39, 0.29) is 11.9 Å². The van der Waals surface area contributed by atoms with Crippen LogP contribution in [0.25, 0.3) is 0 Å². The molecule has 0 radical (unpaired) electrons. The van der Waals surface area contributed by atoms with Crippen LogP contribution in [-0.4, -0.2) is 65.9 Å². The van der Waals surface area contributed by atoms with E-state index in [1.54, 1.807) is 11.0 Å². The lowest BCUT2D eigenvalue weighted by atomic mass is 9.95. The standard InChI is InChI=1S/C29H34N4O3/c1-2-14-33-25-20-32(18-17-31-15-7-4-8-16-31)28(34)26(25)27(30-29(33)35)23-12-9-13-24(19-23)36-21-22-10-5-3-6-11-22/h2-3,5-6,9-13,19,27H,1,4,7-8,14-18,20-21H2,(H,30,35). The first-order valence-corrected chi connectivity index (χ1v) is 12.8. The highest BCUT2D eigenvalue weighted by Crippen LogP contribution is 2.37. The molecule has 1 fully saturated rings. The van der Waals surface area contributed by atoms with Crippen LogP contribution in [0.3, 0.4) is 0 Å². The second-order valence-corrected chi connectivity index (χ2v) is 9.62. The number of piperidine rings is 1. The van der Waals surface area contributed by atoms with Gasteiger partial charge in [-0.15, -0.1) is 6.58 Å². The number of carbonyl (C=O) groups is 2. The minimum atomic E-state index is -0.513. The van der Waals surface area contributed by atoms with Crippen LogP contribution < -0.4 is 10.1 Å². The monoisotopic (exact) mass is 486 g/mol. The molecule has 36 heavy (non-hydrogen) atoms. The van der Waals surface area contributed by atoms with Crippen molar-refractivity contribution in [3.8, 4) is 5.75 Å². The molecular formula is C29H34N4O3. The lowest BCUT2D eigenvalue weighted by Crippen LogP contribution is -2.47. The first-order chi connectivity index (χ1) is 17.6. The van der Waals surface area contributed by atoms with E-state index in [2.05, 4.69) is 16.8 Å². The molecule has 0 saturated carbocycles. The maximum Gasteiger partial charge on any atom is 0.322 e. The lowest BCUT2D eigenvalue weighted by molar-refractivity contribution is -0.126. The summed E-state index contributed by atoms with van der Waals surface area (Å²) in [6, 6.07) is 16.9. The molecule has 1 saturated heterocycles. The van der Waals surface area contributed by atoms with Crippen molar-refractivity contribution >= 4 is 11.9 Å². The third kappa shape index (κ3) is 5.16. The number of rotatable bonds is 9. The van der Waals surface area contributed by atoms with Crippen molar-refractivity contribution < 1.29 is 14.3 Å². The smallest absolute Gasteiger partial charge is 0.322 e. The molecule has 0 aromatic heterocycles. The Morgan fingerprint density at radius 1 is 1.00 bits per heavy atom. The average Bonchev–Trinajstić information content (AvgIpc) is 3.25. The van der Waals surface area contributed by atoms with Gasteiger partial charge >= 0.3 is 6.03 Å². The Morgan fingerprint density at radius 2 is 1.81 bits per heavy atom. The maximum absolute atomic E-state index is 13.7. The molecule has 3 aliphatic rings. The van der Waals surface area contributed by atoms with Crippen molar-refractivity contribution in [2.75, 3.05) is 39.3 Å². The molecule has 1 atom stereocenters. The summed E-state index contributed by atoms with van der Waals surface area (Å²) in [5.41, 5.74) is 3.35. The summed E-state index contributed by atoms with van der Waals surface area (Å²) in [6.45, 7) is 8.78. The number of hydrogen-bond acceptors (Lipinski definition) is 4. The zero-order chi connectivity index (χ0) is 24.9. The molecule has 0 bridgehead atoms. The Morgan fingerprint density at radius 3 is 2.58 bits per heavy atom. The van der Waals surface area contributed by atoms with Gasteiger partial charge in [-0.25, -0.2) is 4.79 Å². The van der Waals surface area contributed by atoms with Gasteiger partial charge in [0, 0.05) is 19.6 Å². The SMILES string of the molecule is C=CCN1C(=O)NC(c2cccc(OCc3ccccc3)c2)C2=C1CN(CCN1CCCCC1)C2=O. The van der Waals surface area contributed by atoms with Crippen molar-refractivity contribution in [1.82, 2.24) is 20.0 Å². The average molecular weight is 487 g/mol. The van der Waals surface area contributed by atoms with Crippen LogP contribution in [0.5, 0.6) is 5.75 Å². The van der Waals surface area contributed by atoms with E-state index >= 15 is 0 Å². The molecule has 0 spiro atoms. The Labute approximate surface area is 213 Å². The van der Waals surface area contributed by atoms with E-state index in [4.69, 9.17) is 4.74 Å². The Balaban J connectivity index is 1.36. The number of carbonyl (C=O) groups excluding carboxylic acids is 2. The summed E-state index contributed by atoms with van der Waals surface area (Å²) < 4.78 is 6.02. The topological polar surface area (TPSA) is 65.1 Å². The van der Waals surface area contributed by atoms with Crippen molar-refractivity contribution in [3.05, 3.63) is 89.6 Å². The fraction of sp³-hybridized carbons (Fsp3) is 0.379. The molecule has 3 amide bonds. The van der Waals surface area contributed by atoms with Gasteiger partial charge in [0.25, 0.3) is 5.91 Å². The number of benzene rings is 2. The first kappa shape index (κ1) is 24.1. The van der Waals surface area contributed by atoms with Crippen molar-refractivity contribution in [3.63, 3.8) is 0 Å². The molecule has 1 unspecified atom stereocenters. The van der Waals surface area contributed by atoms with Crippen molar-refractivity contribution in [2.24, 2.45) is 0 Å². The van der Waals surface area contributed by atoms with Crippen molar-refractivity contribution in [2.45, 2.75) is 31.9 Å². The number of ether oxygens (including phenoxy) is 1. The largest absolute Gasteiger partial charge is 0.489 e. The molecule has 3 heterocycles. The fourth-order valence-electron chi connectivity index (χ4n) is 5.27. The van der Waals surface area contributed by atoms with Crippen LogP contribution >= 0.6 is 0 Å². The molecule has 7 heteroatoms. The normalized spacial score (nSPS) is 20.4. The third-order valence-corrected chi connectivity index (χ3v) is 7.18. The van der Waals surface area contributed by atoms with Gasteiger partial charge in [-0.05, 0) is 49.2 Å². The molecule has 188 valence electrons. The summed E-state index contributed by atoms with van der Waals surface area (Å²) in [4.78, 5) is 32.7. The number of urea groups is 1. The van der Waals surface area contributed by atoms with E-state index < -0.39 is 6.04 Å². The van der Waals surface area contributed by atoms with Gasteiger partial charge in [-0.2, -0.15) is 0 Å². The number of hydrogen-bond donors (Lipinski definition) is 1. The molecule has 2 aromatic carbocycles. The molecular weight excluding hydrogens is 452 g/mol. The van der Waals surface area contributed by atoms with Crippen LogP contribution in [-0.2, 0) is 11.4 Å². The highest BCUT2D eigenvalue weighted by atomic mass is 16.5. The second kappa shape index (κ2) is 11.0. The molecule has 0 aliphatic carbocycles. The number of likely N-dealkylation sites (tertiary alicyclic amines) is 1. The van der Waals surface area contributed by atoms with E-state index in [9.17, 15) is 9.59 Å². The summed E-state index contributed by atoms with van der Waals surface area (Å²) in [6.07, 6.45) is 5.43. The summed E-state index contributed by atoms with van der Waals surface area (Å²) >= 11 is 0. The predicted molar refractivity (Wildman–Crippen MR) is 139 cm³/mol. The summed E-state index contributed by atoms with van der Waals surface area (Å²) in [5, 5.41) is 3.06. The van der Waals surface area contributed by atoms with Gasteiger partial charge in [0.1, 0.15) is 12.4 Å². The van der Waals surface area contributed by atoms with Gasteiger partial charge in [0.05, 0.1) is 23.9 Å². The van der Waals surface area contributed by atoms with Crippen LogP contribution in [0.4, 0.5) is 4.79 Å². The van der Waals surface area contributed by atoms with Gasteiger partial charge in [-0.1, -0.05) is 55.0 Å². The van der Waals surface area contributed by atoms with Gasteiger partial charge in [0.2, 0.25) is 0 Å². The van der Waals surface area contributed by atoms with Crippen LogP contribution in [0.15, 0.2) is 78.5 Å². The molecule has 1 N–H and O–H groups in total. The minimum absolute atomic E-state index is 0.00308. The van der Waals surface area contributed by atoms with E-state index in [0.717, 1.165) is 36.5 Å². The second-order valence-electron chi connectivity index (χ2n) is 9.62. The van der Waals surface area contributed by atoms with Crippen LogP contribution in [0.2, 0.25) is 0 Å². The first-order valence-electron chi connectivity index (χ1n) is 12.8. The predicted octanol–water partition coefficient (Wildman–Crippen LogP) is 4.10. The van der Waals surface area contributed by atoms with Crippen LogP contribution in [0, 0.1) is 0 Å². The number of amides is 3. The summed E-state index contributed by atoms with van der Waals surface area (Å²) in [7, 11) is 0. The Hall–Kier alpha value is -3.58. The van der Waals surface area contributed by atoms with Gasteiger partial charge < -0.3 is 19.9 Å². The highest BCUT2D eigenvalue weighted by Gasteiger charge is 2.43. The quantitative estimate of drug-likeness (QED) is 0.542.